The van der Waals surface area contributed by atoms with E-state index in [0.29, 0.717) is 11.3 Å². The van der Waals surface area contributed by atoms with E-state index in [1.807, 2.05) is 0 Å². The van der Waals surface area contributed by atoms with Gasteiger partial charge in [-0.15, -0.1) is 23.1 Å². The molecule has 2 aromatic heterocycles. The molecule has 2 aromatic rings. The van der Waals surface area contributed by atoms with Gasteiger partial charge in [-0.2, -0.15) is 4.57 Å². The molecule has 16 heteroatoms. The minimum atomic E-state index is -1.24. The molecular weight excluding hydrogens is 500 g/mol. The number of nitrogens with two attached hydrogens (primary N) is 1. The molecule has 5 N–H and O–H groups in total. The maximum atomic E-state index is 13.0. The maximum Gasteiger partial charge on any atom is 0.433 e. The van der Waals surface area contributed by atoms with Crippen LogP contribution in [0, 0.1) is 0 Å². The van der Waals surface area contributed by atoms with Crippen molar-refractivity contribution in [3.63, 3.8) is 0 Å². The number of nitrogens with one attached hydrogen (secondary N) is 2. The molecule has 2 aliphatic heterocycles. The summed E-state index contributed by atoms with van der Waals surface area (Å²) in [5.74, 6) is -2.33. The van der Waals surface area contributed by atoms with Crippen LogP contribution in [0.15, 0.2) is 46.6 Å². The van der Waals surface area contributed by atoms with Crippen molar-refractivity contribution in [3.05, 3.63) is 47.1 Å². The third kappa shape index (κ3) is 4.92. The van der Waals surface area contributed by atoms with Crippen molar-refractivity contribution in [3.8, 4) is 0 Å². The highest BCUT2D eigenvalue weighted by Gasteiger charge is 2.54. The number of thioether (sulfide) groups is 1. The summed E-state index contributed by atoms with van der Waals surface area (Å²) in [7, 11) is 1.31. The molecule has 0 spiro atoms. The summed E-state index contributed by atoms with van der Waals surface area (Å²) in [4.78, 5) is 63.0. The number of thiazole rings is 1. The maximum absolute atomic E-state index is 13.0. The van der Waals surface area contributed by atoms with Gasteiger partial charge in [-0.05, 0) is 0 Å². The number of nitrogen functional groups attached to an aromatic ring is 1. The standard InChI is InChI=1S/C19H18N8O6S2/c1-21-19(32)33-25-11(10-8-35-18(20)23-10)14(28)24-12-15(29)27-13(17(30)31)9(7-34-16(12)27)6-26-4-2-22-3-5-26/h2-5,8,12,16H,6-7H2,1H3,(H4-,20,21,23,24,28,30,31,32)/p+1/t12?,16-/m0/s1. The zero-order valence-corrected chi connectivity index (χ0v) is 19.7. The monoisotopic (exact) mass is 519 g/mol. The van der Waals surface area contributed by atoms with Crippen molar-refractivity contribution in [2.45, 2.75) is 18.0 Å². The Balaban J connectivity index is 1.53. The minimum absolute atomic E-state index is 0.0524. The molecule has 35 heavy (non-hydrogen) atoms. The lowest BCUT2D eigenvalue weighted by atomic mass is 10.0. The normalized spacial score (nSPS) is 19.5. The van der Waals surface area contributed by atoms with E-state index in [-0.39, 0.29) is 28.8 Å². The number of carbonyl (C=O) groups excluding carboxylic acids is 3. The Labute approximate surface area is 205 Å². The molecule has 4 heterocycles. The molecular formula is C19H19N8O6S2+. The van der Waals surface area contributed by atoms with E-state index in [2.05, 4.69) is 30.6 Å². The summed E-state index contributed by atoms with van der Waals surface area (Å²) in [6.07, 6.45) is 5.61. The van der Waals surface area contributed by atoms with E-state index in [1.165, 1.54) is 24.2 Å². The number of oxime groups is 1. The van der Waals surface area contributed by atoms with Gasteiger partial charge in [0.2, 0.25) is 0 Å². The van der Waals surface area contributed by atoms with E-state index in [0.717, 1.165) is 16.2 Å². The zero-order chi connectivity index (χ0) is 25.1. The van der Waals surface area contributed by atoms with Crippen molar-refractivity contribution in [1.82, 2.24) is 25.5 Å². The van der Waals surface area contributed by atoms with E-state index in [1.54, 1.807) is 29.4 Å². The summed E-state index contributed by atoms with van der Waals surface area (Å²) < 4.78 is 1.75. The van der Waals surface area contributed by atoms with Gasteiger partial charge in [-0.25, -0.2) is 14.6 Å². The Morgan fingerprint density at radius 2 is 2.11 bits per heavy atom. The largest absolute Gasteiger partial charge is 0.477 e. The average Bonchev–Trinajstić information content (AvgIpc) is 3.28. The number of aromatic nitrogens is 3. The molecule has 0 radical (unpaired) electrons. The van der Waals surface area contributed by atoms with Gasteiger partial charge in [-0.1, -0.05) is 5.16 Å². The van der Waals surface area contributed by atoms with Gasteiger partial charge >= 0.3 is 12.1 Å². The number of carbonyl (C=O) groups is 4. The zero-order valence-electron chi connectivity index (χ0n) is 18.1. The molecule has 14 nitrogen and oxygen atoms in total. The fourth-order valence-electron chi connectivity index (χ4n) is 3.42. The van der Waals surface area contributed by atoms with E-state index in [4.69, 9.17) is 5.73 Å². The van der Waals surface area contributed by atoms with Crippen LogP contribution in [0.1, 0.15) is 5.69 Å². The Hall–Kier alpha value is -4.05. The number of β-lactam (4-membered cyclic amide) rings is 1. The topological polar surface area (TPSA) is 193 Å². The van der Waals surface area contributed by atoms with Crippen LogP contribution in [0.2, 0.25) is 0 Å². The van der Waals surface area contributed by atoms with Crippen LogP contribution in [0.4, 0.5) is 9.93 Å². The summed E-state index contributed by atoms with van der Waals surface area (Å²) in [6.45, 7) is 0.267. The highest BCUT2D eigenvalue weighted by Crippen LogP contribution is 2.40. The summed E-state index contributed by atoms with van der Waals surface area (Å²) in [5, 5.41) is 19.1. The molecule has 0 aliphatic carbocycles. The Bertz CT molecular complexity index is 1250. The SMILES string of the molecule is CNC(=O)ON=C(C(=O)NC1C(=O)N2C(C(=O)O)=C(C[n+]3ccncc3)CS[C@@H]12)c1csc(N)n1. The van der Waals surface area contributed by atoms with Crippen LogP contribution in [0.25, 0.3) is 0 Å². The van der Waals surface area contributed by atoms with Gasteiger partial charge in [0.15, 0.2) is 29.8 Å². The quantitative estimate of drug-likeness (QED) is 0.115. The van der Waals surface area contributed by atoms with Crippen molar-refractivity contribution in [1.29, 1.82) is 0 Å². The van der Waals surface area contributed by atoms with Gasteiger partial charge in [0.1, 0.15) is 22.8 Å². The van der Waals surface area contributed by atoms with Crippen molar-refractivity contribution < 1.29 is 33.7 Å². The van der Waals surface area contributed by atoms with Crippen LogP contribution < -0.4 is 20.9 Å². The number of fused-ring (bicyclic) bond motifs is 1. The molecule has 182 valence electrons. The number of rotatable bonds is 7. The number of hydrogen-bond donors (Lipinski definition) is 4. The molecule has 1 unspecified atom stereocenters. The lowest BCUT2D eigenvalue weighted by molar-refractivity contribution is -0.689. The van der Waals surface area contributed by atoms with Crippen molar-refractivity contribution in [2.24, 2.45) is 5.16 Å². The van der Waals surface area contributed by atoms with Crippen molar-refractivity contribution >= 4 is 57.8 Å². The summed E-state index contributed by atoms with van der Waals surface area (Å²) in [6, 6.07) is -1.02. The van der Waals surface area contributed by atoms with Gasteiger partial charge < -0.3 is 21.5 Å². The predicted molar refractivity (Wildman–Crippen MR) is 123 cm³/mol. The highest BCUT2D eigenvalue weighted by molar-refractivity contribution is 8.00. The van der Waals surface area contributed by atoms with Crippen molar-refractivity contribution in [2.75, 3.05) is 18.5 Å². The smallest absolute Gasteiger partial charge is 0.433 e. The van der Waals surface area contributed by atoms with Gasteiger partial charge in [0, 0.05) is 23.8 Å². The number of hydrogen-bond acceptors (Lipinski definition) is 11. The van der Waals surface area contributed by atoms with E-state index >= 15 is 0 Å². The number of anilines is 1. The van der Waals surface area contributed by atoms with Gasteiger partial charge in [0.05, 0.1) is 12.4 Å². The lowest BCUT2D eigenvalue weighted by Crippen LogP contribution is -2.71. The fourth-order valence-corrected chi connectivity index (χ4v) is 5.30. The Morgan fingerprint density at radius 3 is 2.74 bits per heavy atom. The molecule has 2 aliphatic rings. The first-order valence-corrected chi connectivity index (χ1v) is 11.9. The van der Waals surface area contributed by atoms with E-state index < -0.39 is 35.3 Å². The van der Waals surface area contributed by atoms with Crippen LogP contribution in [0.3, 0.4) is 0 Å². The first kappa shape index (κ1) is 24.1. The third-order valence-corrected chi connectivity index (χ3v) is 7.02. The number of carboxylic acid groups (broad SMARTS) is 1. The Morgan fingerprint density at radius 1 is 1.37 bits per heavy atom. The van der Waals surface area contributed by atoms with Crippen LogP contribution >= 0.6 is 23.1 Å². The van der Waals surface area contributed by atoms with Crippen LogP contribution in [0.5, 0.6) is 0 Å². The first-order chi connectivity index (χ1) is 16.8. The van der Waals surface area contributed by atoms with Crippen LogP contribution in [-0.2, 0) is 25.8 Å². The fraction of sp³-hybridized carbons (Fsp3) is 0.263. The Kier molecular flexibility index (Phi) is 6.92. The predicted octanol–water partition coefficient (Wildman–Crippen LogP) is -1.09. The second kappa shape index (κ2) is 10.1. The lowest BCUT2D eigenvalue weighted by Gasteiger charge is -2.49. The molecule has 1 fully saturated rings. The highest BCUT2D eigenvalue weighted by atomic mass is 32.2. The summed E-state index contributed by atoms with van der Waals surface area (Å²) in [5.41, 5.74) is 5.75. The number of carboxylic acids is 1. The van der Waals surface area contributed by atoms with Gasteiger partial charge in [-0.3, -0.25) is 24.3 Å². The van der Waals surface area contributed by atoms with E-state index in [9.17, 15) is 24.3 Å². The number of nitrogens with zero attached hydrogens (tertiary/aromatic N) is 5. The number of amides is 3. The first-order valence-electron chi connectivity index (χ1n) is 9.98. The molecule has 0 saturated carbocycles. The van der Waals surface area contributed by atoms with Gasteiger partial charge in [0.25, 0.3) is 11.8 Å². The molecule has 2 atom stereocenters. The third-order valence-electron chi connectivity index (χ3n) is 5.00. The molecule has 1 saturated heterocycles. The summed E-state index contributed by atoms with van der Waals surface area (Å²) >= 11 is 2.37. The molecule has 0 bridgehead atoms. The van der Waals surface area contributed by atoms with Crippen LogP contribution in [-0.4, -0.2) is 73.8 Å². The molecule has 3 amide bonds. The second-order valence-electron chi connectivity index (χ2n) is 7.18. The average molecular weight is 520 g/mol. The minimum Gasteiger partial charge on any atom is -0.477 e. The molecule has 4 rings (SSSR count). The molecule has 0 aromatic carbocycles. The second-order valence-corrected chi connectivity index (χ2v) is 9.17. The number of aliphatic carboxylic acids is 1.